The number of carbonyl (C=O) groups excluding carboxylic acids is 1. The largest absolute Gasteiger partial charge is 0.396 e. The maximum atomic E-state index is 11.3. The molecule has 0 aromatic carbocycles. The van der Waals surface area contributed by atoms with Crippen LogP contribution in [-0.2, 0) is 4.79 Å². The molecule has 4 nitrogen and oxygen atoms in total. The van der Waals surface area contributed by atoms with Gasteiger partial charge in [-0.15, -0.1) is 0 Å². The van der Waals surface area contributed by atoms with E-state index in [2.05, 4.69) is 10.6 Å². The molecule has 0 aromatic rings. The average molecular weight is 202 g/mol. The molecule has 3 N–H and O–H groups in total. The van der Waals surface area contributed by atoms with Crippen molar-refractivity contribution in [1.29, 1.82) is 0 Å². The SMILES string of the molecule is CC(C)(C)NC(=O)CCNCCCO. The fourth-order valence-corrected chi connectivity index (χ4v) is 1.01. The van der Waals surface area contributed by atoms with Crippen molar-refractivity contribution in [3.05, 3.63) is 0 Å². The van der Waals surface area contributed by atoms with E-state index in [0.717, 1.165) is 13.0 Å². The van der Waals surface area contributed by atoms with Gasteiger partial charge in [-0.05, 0) is 33.7 Å². The number of hydrogen-bond acceptors (Lipinski definition) is 3. The lowest BCUT2D eigenvalue weighted by Crippen LogP contribution is -2.41. The first-order valence-electron chi connectivity index (χ1n) is 5.08. The highest BCUT2D eigenvalue weighted by Crippen LogP contribution is 1.98. The van der Waals surface area contributed by atoms with E-state index in [-0.39, 0.29) is 18.1 Å². The van der Waals surface area contributed by atoms with Crippen LogP contribution >= 0.6 is 0 Å². The van der Waals surface area contributed by atoms with E-state index in [1.807, 2.05) is 20.8 Å². The van der Waals surface area contributed by atoms with Gasteiger partial charge in [0, 0.05) is 25.1 Å². The molecule has 0 aromatic heterocycles. The van der Waals surface area contributed by atoms with Gasteiger partial charge in [0.25, 0.3) is 0 Å². The molecule has 0 rings (SSSR count). The minimum Gasteiger partial charge on any atom is -0.396 e. The zero-order valence-electron chi connectivity index (χ0n) is 9.39. The van der Waals surface area contributed by atoms with Crippen molar-refractivity contribution in [2.24, 2.45) is 0 Å². The highest BCUT2D eigenvalue weighted by Gasteiger charge is 2.12. The van der Waals surface area contributed by atoms with Gasteiger partial charge in [-0.1, -0.05) is 0 Å². The van der Waals surface area contributed by atoms with Gasteiger partial charge >= 0.3 is 0 Å². The summed E-state index contributed by atoms with van der Waals surface area (Å²) in [5.41, 5.74) is -0.151. The van der Waals surface area contributed by atoms with E-state index in [0.29, 0.717) is 13.0 Å². The van der Waals surface area contributed by atoms with Gasteiger partial charge in [-0.25, -0.2) is 0 Å². The molecule has 0 saturated heterocycles. The predicted molar refractivity (Wildman–Crippen MR) is 57.1 cm³/mol. The molecule has 4 heteroatoms. The summed E-state index contributed by atoms with van der Waals surface area (Å²) in [7, 11) is 0. The van der Waals surface area contributed by atoms with E-state index < -0.39 is 0 Å². The number of nitrogens with one attached hydrogen (secondary N) is 2. The molecule has 84 valence electrons. The van der Waals surface area contributed by atoms with Crippen LogP contribution in [0.15, 0.2) is 0 Å². The first kappa shape index (κ1) is 13.4. The maximum absolute atomic E-state index is 11.3. The molecule has 0 aliphatic rings. The van der Waals surface area contributed by atoms with Crippen molar-refractivity contribution in [1.82, 2.24) is 10.6 Å². The highest BCUT2D eigenvalue weighted by molar-refractivity contribution is 5.76. The molecule has 0 heterocycles. The van der Waals surface area contributed by atoms with Crippen molar-refractivity contribution in [3.63, 3.8) is 0 Å². The molecule has 0 fully saturated rings. The predicted octanol–water partition coefficient (Wildman–Crippen LogP) is 0.263. The monoisotopic (exact) mass is 202 g/mol. The quantitative estimate of drug-likeness (QED) is 0.542. The third kappa shape index (κ3) is 9.48. The molecule has 0 bridgehead atoms. The zero-order valence-corrected chi connectivity index (χ0v) is 9.39. The van der Waals surface area contributed by atoms with Gasteiger partial charge in [-0.3, -0.25) is 4.79 Å². The summed E-state index contributed by atoms with van der Waals surface area (Å²) >= 11 is 0. The van der Waals surface area contributed by atoms with Gasteiger partial charge < -0.3 is 15.7 Å². The standard InChI is InChI=1S/C10H22N2O2/c1-10(2,3)12-9(14)5-7-11-6-4-8-13/h11,13H,4-8H2,1-3H3,(H,12,14). The summed E-state index contributed by atoms with van der Waals surface area (Å²) in [6.45, 7) is 7.51. The molecule has 1 amide bonds. The van der Waals surface area contributed by atoms with E-state index in [1.54, 1.807) is 0 Å². The van der Waals surface area contributed by atoms with Gasteiger partial charge in [0.15, 0.2) is 0 Å². The lowest BCUT2D eigenvalue weighted by Gasteiger charge is -2.20. The smallest absolute Gasteiger partial charge is 0.221 e. The van der Waals surface area contributed by atoms with Gasteiger partial charge in [0.1, 0.15) is 0 Å². The minimum absolute atomic E-state index is 0.0639. The second-order valence-corrected chi connectivity index (χ2v) is 4.38. The highest BCUT2D eigenvalue weighted by atomic mass is 16.3. The summed E-state index contributed by atoms with van der Waals surface area (Å²) < 4.78 is 0. The number of aliphatic hydroxyl groups excluding tert-OH is 1. The summed E-state index contributed by atoms with van der Waals surface area (Å²) in [5, 5.41) is 14.5. The Labute approximate surface area is 86.1 Å². The third-order valence-electron chi connectivity index (χ3n) is 1.55. The van der Waals surface area contributed by atoms with Crippen molar-refractivity contribution >= 4 is 5.91 Å². The van der Waals surface area contributed by atoms with E-state index in [1.165, 1.54) is 0 Å². The van der Waals surface area contributed by atoms with Crippen molar-refractivity contribution in [2.75, 3.05) is 19.7 Å². The van der Waals surface area contributed by atoms with Crippen molar-refractivity contribution < 1.29 is 9.90 Å². The Bertz CT molecular complexity index is 164. The molecule has 0 radical (unpaired) electrons. The number of carbonyl (C=O) groups is 1. The Morgan fingerprint density at radius 3 is 2.43 bits per heavy atom. The first-order chi connectivity index (χ1) is 6.45. The molecule has 14 heavy (non-hydrogen) atoms. The number of amides is 1. The van der Waals surface area contributed by atoms with Crippen LogP contribution in [0.5, 0.6) is 0 Å². The van der Waals surface area contributed by atoms with Crippen LogP contribution in [0.4, 0.5) is 0 Å². The van der Waals surface area contributed by atoms with Crippen LogP contribution in [0, 0.1) is 0 Å². The summed E-state index contributed by atoms with van der Waals surface area (Å²) in [6.07, 6.45) is 1.23. The van der Waals surface area contributed by atoms with Gasteiger partial charge in [0.05, 0.1) is 0 Å². The summed E-state index contributed by atoms with van der Waals surface area (Å²) in [6, 6.07) is 0. The Balaban J connectivity index is 3.36. The Hall–Kier alpha value is -0.610. The molecular formula is C10H22N2O2. The zero-order chi connectivity index (χ0) is 11.0. The van der Waals surface area contributed by atoms with Crippen molar-refractivity contribution in [2.45, 2.75) is 39.2 Å². The molecule has 0 saturated carbocycles. The van der Waals surface area contributed by atoms with Crippen LogP contribution in [0.3, 0.4) is 0 Å². The van der Waals surface area contributed by atoms with Gasteiger partial charge in [-0.2, -0.15) is 0 Å². The number of hydrogen-bond donors (Lipinski definition) is 3. The molecule has 0 atom stereocenters. The Kier molecular flexibility index (Phi) is 6.49. The van der Waals surface area contributed by atoms with Crippen LogP contribution < -0.4 is 10.6 Å². The normalized spacial score (nSPS) is 11.4. The van der Waals surface area contributed by atoms with Crippen LogP contribution in [0.2, 0.25) is 0 Å². The molecular weight excluding hydrogens is 180 g/mol. The average Bonchev–Trinajstić information content (AvgIpc) is 2.00. The minimum atomic E-state index is -0.151. The summed E-state index contributed by atoms with van der Waals surface area (Å²) in [4.78, 5) is 11.3. The molecule has 0 aliphatic heterocycles. The van der Waals surface area contributed by atoms with Crippen LogP contribution in [0.25, 0.3) is 0 Å². The maximum Gasteiger partial charge on any atom is 0.221 e. The van der Waals surface area contributed by atoms with E-state index in [4.69, 9.17) is 5.11 Å². The van der Waals surface area contributed by atoms with E-state index >= 15 is 0 Å². The van der Waals surface area contributed by atoms with Crippen molar-refractivity contribution in [3.8, 4) is 0 Å². The Morgan fingerprint density at radius 2 is 1.93 bits per heavy atom. The lowest BCUT2D eigenvalue weighted by molar-refractivity contribution is -0.122. The second kappa shape index (κ2) is 6.79. The topological polar surface area (TPSA) is 61.4 Å². The Morgan fingerprint density at radius 1 is 1.29 bits per heavy atom. The fourth-order valence-electron chi connectivity index (χ4n) is 1.01. The number of rotatable bonds is 6. The second-order valence-electron chi connectivity index (χ2n) is 4.38. The number of aliphatic hydroxyl groups is 1. The van der Waals surface area contributed by atoms with Gasteiger partial charge in [0.2, 0.25) is 5.91 Å². The lowest BCUT2D eigenvalue weighted by atomic mass is 10.1. The molecule has 0 spiro atoms. The first-order valence-corrected chi connectivity index (χ1v) is 5.08. The molecule has 0 aliphatic carbocycles. The van der Waals surface area contributed by atoms with E-state index in [9.17, 15) is 4.79 Å². The van der Waals surface area contributed by atoms with Crippen LogP contribution in [-0.4, -0.2) is 36.2 Å². The fraction of sp³-hybridized carbons (Fsp3) is 0.900. The van der Waals surface area contributed by atoms with Crippen LogP contribution in [0.1, 0.15) is 33.6 Å². The summed E-state index contributed by atoms with van der Waals surface area (Å²) in [5.74, 6) is 0.0639. The third-order valence-corrected chi connectivity index (χ3v) is 1.55. The molecule has 0 unspecified atom stereocenters.